The lowest BCUT2D eigenvalue weighted by Crippen LogP contribution is -2.44. The maximum absolute atomic E-state index is 5.98. The summed E-state index contributed by atoms with van der Waals surface area (Å²) >= 11 is 0. The number of allylic oxidation sites excluding steroid dienone is 1. The topological polar surface area (TPSA) is 30.5 Å². The molecule has 2 aliphatic rings. The third-order valence-corrected chi connectivity index (χ3v) is 4.40. The molecule has 3 heteroatoms. The van der Waals surface area contributed by atoms with Crippen LogP contribution in [-0.2, 0) is 9.47 Å². The molecule has 2 rings (SSSR count). The largest absolute Gasteiger partial charge is 0.497 e. The first kappa shape index (κ1) is 13.9. The quantitative estimate of drug-likeness (QED) is 0.835. The van der Waals surface area contributed by atoms with Gasteiger partial charge in [-0.25, -0.2) is 0 Å². The predicted octanol–water partition coefficient (Wildman–Crippen LogP) is 2.72. The Morgan fingerprint density at radius 1 is 1.33 bits per heavy atom. The molecule has 0 bridgehead atoms. The summed E-state index contributed by atoms with van der Waals surface area (Å²) in [6, 6.07) is 0.310. The van der Waals surface area contributed by atoms with Gasteiger partial charge in [-0.15, -0.1) is 0 Å². The SMILES string of the molecule is CCNC(C1=CCCCO1)C1C(C)OC(C)C1C. The highest BCUT2D eigenvalue weighted by Gasteiger charge is 2.43. The van der Waals surface area contributed by atoms with E-state index in [1.54, 1.807) is 0 Å². The predicted molar refractivity (Wildman–Crippen MR) is 73.4 cm³/mol. The van der Waals surface area contributed by atoms with Crippen LogP contribution in [0.2, 0.25) is 0 Å². The van der Waals surface area contributed by atoms with E-state index >= 15 is 0 Å². The number of hydrogen-bond donors (Lipinski definition) is 1. The fourth-order valence-electron chi connectivity index (χ4n) is 3.31. The molecule has 0 amide bonds. The summed E-state index contributed by atoms with van der Waals surface area (Å²) in [7, 11) is 0. The molecule has 0 saturated carbocycles. The summed E-state index contributed by atoms with van der Waals surface area (Å²) in [4.78, 5) is 0. The first-order valence-electron chi connectivity index (χ1n) is 7.36. The molecule has 0 spiro atoms. The van der Waals surface area contributed by atoms with Gasteiger partial charge in [-0.3, -0.25) is 0 Å². The molecule has 1 fully saturated rings. The Bertz CT molecular complexity index is 303. The van der Waals surface area contributed by atoms with E-state index in [0.29, 0.717) is 30.1 Å². The second kappa shape index (κ2) is 6.07. The van der Waals surface area contributed by atoms with Gasteiger partial charge >= 0.3 is 0 Å². The van der Waals surface area contributed by atoms with Crippen molar-refractivity contribution >= 4 is 0 Å². The van der Waals surface area contributed by atoms with Crippen molar-refractivity contribution in [2.45, 2.75) is 58.8 Å². The minimum Gasteiger partial charge on any atom is -0.497 e. The second-order valence-corrected chi connectivity index (χ2v) is 5.62. The minimum absolute atomic E-state index is 0.297. The highest BCUT2D eigenvalue weighted by atomic mass is 16.5. The van der Waals surface area contributed by atoms with Crippen molar-refractivity contribution in [3.63, 3.8) is 0 Å². The maximum atomic E-state index is 5.98. The Hall–Kier alpha value is -0.540. The number of ether oxygens (including phenoxy) is 2. The van der Waals surface area contributed by atoms with Crippen LogP contribution in [-0.4, -0.2) is 31.4 Å². The number of likely N-dealkylation sites (N-methyl/N-ethyl adjacent to an activating group) is 1. The van der Waals surface area contributed by atoms with Gasteiger partial charge in [0.1, 0.15) is 5.76 Å². The summed E-state index contributed by atoms with van der Waals surface area (Å²) in [6.45, 7) is 10.7. The van der Waals surface area contributed by atoms with E-state index in [1.807, 2.05) is 0 Å². The van der Waals surface area contributed by atoms with Crippen LogP contribution in [0.25, 0.3) is 0 Å². The summed E-state index contributed by atoms with van der Waals surface area (Å²) in [5, 5.41) is 3.60. The van der Waals surface area contributed by atoms with Crippen molar-refractivity contribution in [3.05, 3.63) is 11.8 Å². The molecule has 0 aromatic heterocycles. The molecule has 3 nitrogen and oxygen atoms in total. The smallest absolute Gasteiger partial charge is 0.109 e. The zero-order valence-corrected chi connectivity index (χ0v) is 12.1. The van der Waals surface area contributed by atoms with Crippen molar-refractivity contribution in [1.29, 1.82) is 0 Å². The second-order valence-electron chi connectivity index (χ2n) is 5.62. The van der Waals surface area contributed by atoms with Crippen LogP contribution in [0.3, 0.4) is 0 Å². The van der Waals surface area contributed by atoms with Gasteiger partial charge < -0.3 is 14.8 Å². The fraction of sp³-hybridized carbons (Fsp3) is 0.867. The molecule has 0 aromatic carbocycles. The Kier molecular flexibility index (Phi) is 4.68. The highest BCUT2D eigenvalue weighted by Crippen LogP contribution is 2.37. The van der Waals surface area contributed by atoms with Gasteiger partial charge in [-0.05, 0) is 45.2 Å². The molecule has 2 heterocycles. The van der Waals surface area contributed by atoms with Gasteiger partial charge in [0.2, 0.25) is 0 Å². The van der Waals surface area contributed by atoms with Crippen molar-refractivity contribution in [2.24, 2.45) is 11.8 Å². The molecule has 104 valence electrons. The average molecular weight is 253 g/mol. The van der Waals surface area contributed by atoms with Gasteiger partial charge in [0.25, 0.3) is 0 Å². The zero-order valence-electron chi connectivity index (χ0n) is 12.1. The third kappa shape index (κ3) is 2.72. The number of rotatable bonds is 4. The molecule has 1 N–H and O–H groups in total. The van der Waals surface area contributed by atoms with Gasteiger partial charge in [0, 0.05) is 5.92 Å². The summed E-state index contributed by atoms with van der Waals surface area (Å²) in [5.74, 6) is 2.21. The zero-order chi connectivity index (χ0) is 13.1. The van der Waals surface area contributed by atoms with Gasteiger partial charge in [0.15, 0.2) is 0 Å². The molecule has 0 radical (unpaired) electrons. The van der Waals surface area contributed by atoms with E-state index in [1.165, 1.54) is 0 Å². The first-order chi connectivity index (χ1) is 8.65. The molecule has 0 aliphatic carbocycles. The van der Waals surface area contributed by atoms with E-state index in [4.69, 9.17) is 9.47 Å². The van der Waals surface area contributed by atoms with Crippen LogP contribution in [0, 0.1) is 11.8 Å². The Morgan fingerprint density at radius 3 is 2.61 bits per heavy atom. The standard InChI is InChI=1S/C15H27NO2/c1-5-16-15(13-8-6-7-9-17-13)14-10(2)11(3)18-12(14)4/h8,10-12,14-16H,5-7,9H2,1-4H3. The highest BCUT2D eigenvalue weighted by molar-refractivity contribution is 5.11. The van der Waals surface area contributed by atoms with E-state index in [0.717, 1.165) is 31.8 Å². The van der Waals surface area contributed by atoms with E-state index in [-0.39, 0.29) is 0 Å². The van der Waals surface area contributed by atoms with Crippen LogP contribution < -0.4 is 5.32 Å². The van der Waals surface area contributed by atoms with Gasteiger partial charge in [-0.2, -0.15) is 0 Å². The van der Waals surface area contributed by atoms with Crippen LogP contribution >= 0.6 is 0 Å². The minimum atomic E-state index is 0.297. The van der Waals surface area contributed by atoms with Gasteiger partial charge in [-0.1, -0.05) is 13.8 Å². The van der Waals surface area contributed by atoms with E-state index in [2.05, 4.69) is 39.1 Å². The summed E-state index contributed by atoms with van der Waals surface area (Å²) < 4.78 is 11.9. The van der Waals surface area contributed by atoms with Crippen molar-refractivity contribution in [3.8, 4) is 0 Å². The molecule has 5 unspecified atom stereocenters. The van der Waals surface area contributed by atoms with Gasteiger partial charge in [0.05, 0.1) is 24.9 Å². The van der Waals surface area contributed by atoms with E-state index < -0.39 is 0 Å². The molecule has 2 aliphatic heterocycles. The summed E-state index contributed by atoms with van der Waals surface area (Å²) in [6.07, 6.45) is 5.19. The van der Waals surface area contributed by atoms with Crippen molar-refractivity contribution < 1.29 is 9.47 Å². The normalized spacial score (nSPS) is 38.1. The molecule has 1 saturated heterocycles. The van der Waals surface area contributed by atoms with Crippen LogP contribution in [0.5, 0.6) is 0 Å². The lowest BCUT2D eigenvalue weighted by molar-refractivity contribution is 0.0450. The monoisotopic (exact) mass is 253 g/mol. The Labute approximate surface area is 111 Å². The lowest BCUT2D eigenvalue weighted by Gasteiger charge is -2.32. The molecular weight excluding hydrogens is 226 g/mol. The number of hydrogen-bond acceptors (Lipinski definition) is 3. The van der Waals surface area contributed by atoms with Crippen LogP contribution in [0.4, 0.5) is 0 Å². The summed E-state index contributed by atoms with van der Waals surface area (Å²) in [5.41, 5.74) is 0. The maximum Gasteiger partial charge on any atom is 0.109 e. The lowest BCUT2D eigenvalue weighted by atomic mass is 9.82. The van der Waals surface area contributed by atoms with E-state index in [9.17, 15) is 0 Å². The Morgan fingerprint density at radius 2 is 2.11 bits per heavy atom. The van der Waals surface area contributed by atoms with Crippen LogP contribution in [0.1, 0.15) is 40.5 Å². The Balaban J connectivity index is 2.16. The van der Waals surface area contributed by atoms with Crippen LogP contribution in [0.15, 0.2) is 11.8 Å². The molecule has 0 aromatic rings. The van der Waals surface area contributed by atoms with Crippen molar-refractivity contribution in [2.75, 3.05) is 13.2 Å². The molecule has 18 heavy (non-hydrogen) atoms. The fourth-order valence-corrected chi connectivity index (χ4v) is 3.31. The molecule has 5 atom stereocenters. The first-order valence-corrected chi connectivity index (χ1v) is 7.36. The van der Waals surface area contributed by atoms with Crippen molar-refractivity contribution in [1.82, 2.24) is 5.32 Å². The molecular formula is C15H27NO2. The average Bonchev–Trinajstić information content (AvgIpc) is 2.62. The third-order valence-electron chi connectivity index (χ3n) is 4.40. The number of nitrogens with one attached hydrogen (secondary N) is 1.